The van der Waals surface area contributed by atoms with Crippen molar-refractivity contribution < 1.29 is 62.2 Å². The third-order valence-corrected chi connectivity index (χ3v) is 4.56. The molecule has 0 spiro atoms. The zero-order chi connectivity index (χ0) is 26.9. The Bertz CT molecular complexity index is 689. The highest BCUT2D eigenvalue weighted by Crippen LogP contribution is 2.28. The van der Waals surface area contributed by atoms with Crippen molar-refractivity contribution in [2.45, 2.75) is 58.3 Å². The highest BCUT2D eigenvalue weighted by atomic mass is 16.7. The fourth-order valence-corrected chi connectivity index (χ4v) is 3.26. The van der Waals surface area contributed by atoms with Gasteiger partial charge < -0.3 is 48.3 Å². The Balaban J connectivity index is 2.77. The standard InChI is InChI=1S/C22H37NO13/c1-14(25)23-19-21(35-17(4)28)20(34-16(3)27)18(13-33-15(2)26)36-22(19)32-12-11-31-10-9-30-8-7-29-6-5-24/h18-22,24H,5-13H2,1-4H3,(H,23,25)/t18-,19+,20+,21-,22+/m1/s1. The Morgan fingerprint density at radius 3 is 1.78 bits per heavy atom. The lowest BCUT2D eigenvalue weighted by atomic mass is 9.96. The van der Waals surface area contributed by atoms with Gasteiger partial charge in [0.15, 0.2) is 18.5 Å². The van der Waals surface area contributed by atoms with Crippen LogP contribution in [0.3, 0.4) is 0 Å². The van der Waals surface area contributed by atoms with Crippen LogP contribution in [0.2, 0.25) is 0 Å². The van der Waals surface area contributed by atoms with Gasteiger partial charge in [0.1, 0.15) is 18.8 Å². The predicted octanol–water partition coefficient (Wildman–Crippen LogP) is -1.30. The normalized spacial score (nSPS) is 23.5. The number of amides is 1. The molecule has 1 aliphatic heterocycles. The number of carbonyl (C=O) groups excluding carboxylic acids is 4. The smallest absolute Gasteiger partial charge is 0.303 e. The van der Waals surface area contributed by atoms with Gasteiger partial charge in [-0.15, -0.1) is 0 Å². The van der Waals surface area contributed by atoms with Crippen LogP contribution in [-0.2, 0) is 57.1 Å². The average Bonchev–Trinajstić information content (AvgIpc) is 2.78. The van der Waals surface area contributed by atoms with E-state index in [4.69, 9.17) is 43.0 Å². The Morgan fingerprint density at radius 1 is 0.750 bits per heavy atom. The molecule has 0 unspecified atom stereocenters. The molecule has 0 aromatic carbocycles. The molecule has 1 heterocycles. The molecule has 36 heavy (non-hydrogen) atoms. The van der Waals surface area contributed by atoms with Crippen molar-refractivity contribution in [3.63, 3.8) is 0 Å². The summed E-state index contributed by atoms with van der Waals surface area (Å²) in [7, 11) is 0. The third-order valence-electron chi connectivity index (χ3n) is 4.56. The first-order valence-corrected chi connectivity index (χ1v) is 11.5. The molecule has 0 aliphatic carbocycles. The molecule has 1 amide bonds. The van der Waals surface area contributed by atoms with Gasteiger partial charge in [-0.2, -0.15) is 0 Å². The van der Waals surface area contributed by atoms with Crippen molar-refractivity contribution in [3.8, 4) is 0 Å². The largest absolute Gasteiger partial charge is 0.463 e. The van der Waals surface area contributed by atoms with E-state index < -0.39 is 54.5 Å². The lowest BCUT2D eigenvalue weighted by Crippen LogP contribution is -2.66. The Morgan fingerprint density at radius 2 is 1.28 bits per heavy atom. The van der Waals surface area contributed by atoms with E-state index in [1.165, 1.54) is 13.8 Å². The van der Waals surface area contributed by atoms with Crippen molar-refractivity contribution in [3.05, 3.63) is 0 Å². The first-order valence-electron chi connectivity index (χ1n) is 11.5. The molecule has 0 radical (unpaired) electrons. The minimum Gasteiger partial charge on any atom is -0.463 e. The van der Waals surface area contributed by atoms with Crippen molar-refractivity contribution >= 4 is 23.8 Å². The van der Waals surface area contributed by atoms with E-state index in [1.807, 2.05) is 0 Å². The topological polar surface area (TPSA) is 174 Å². The first kappa shape index (κ1) is 31.7. The van der Waals surface area contributed by atoms with Crippen LogP contribution in [0.15, 0.2) is 0 Å². The Hall–Kier alpha value is -2.36. The molecular formula is C22H37NO13. The van der Waals surface area contributed by atoms with Crippen molar-refractivity contribution in [1.82, 2.24) is 5.32 Å². The quantitative estimate of drug-likeness (QED) is 0.131. The number of rotatable bonds is 17. The molecule has 1 aliphatic rings. The number of aliphatic hydroxyl groups is 1. The Kier molecular flexibility index (Phi) is 15.8. The molecule has 0 saturated carbocycles. The summed E-state index contributed by atoms with van der Waals surface area (Å²) in [6, 6.07) is -1.04. The van der Waals surface area contributed by atoms with E-state index in [0.717, 1.165) is 13.8 Å². The second kappa shape index (κ2) is 18.0. The number of hydrogen-bond donors (Lipinski definition) is 2. The van der Waals surface area contributed by atoms with Crippen molar-refractivity contribution in [2.75, 3.05) is 59.5 Å². The molecule has 5 atom stereocenters. The van der Waals surface area contributed by atoms with E-state index in [-0.39, 0.29) is 39.6 Å². The molecule has 2 N–H and O–H groups in total. The Labute approximate surface area is 209 Å². The molecule has 14 nitrogen and oxygen atoms in total. The number of hydrogen-bond acceptors (Lipinski definition) is 13. The second-order valence-corrected chi connectivity index (χ2v) is 7.65. The molecule has 1 rings (SSSR count). The molecule has 0 aromatic rings. The average molecular weight is 524 g/mol. The minimum atomic E-state index is -1.18. The van der Waals surface area contributed by atoms with Gasteiger partial charge in [0.05, 0.1) is 52.9 Å². The summed E-state index contributed by atoms with van der Waals surface area (Å²) < 4.78 is 43.2. The van der Waals surface area contributed by atoms with E-state index in [0.29, 0.717) is 19.8 Å². The molecule has 1 saturated heterocycles. The summed E-state index contributed by atoms with van der Waals surface area (Å²) in [5, 5.41) is 11.2. The van der Waals surface area contributed by atoms with Crippen molar-refractivity contribution in [1.29, 1.82) is 0 Å². The molecule has 1 fully saturated rings. The predicted molar refractivity (Wildman–Crippen MR) is 120 cm³/mol. The minimum absolute atomic E-state index is 0.0334. The number of aliphatic hydroxyl groups excluding tert-OH is 1. The summed E-state index contributed by atoms with van der Waals surface area (Å²) in [4.78, 5) is 46.8. The summed E-state index contributed by atoms with van der Waals surface area (Å²) in [6.07, 6.45) is -4.55. The van der Waals surface area contributed by atoms with Crippen LogP contribution >= 0.6 is 0 Å². The summed E-state index contributed by atoms with van der Waals surface area (Å²) in [6.45, 7) is 6.17. The molecular weight excluding hydrogens is 486 g/mol. The van der Waals surface area contributed by atoms with E-state index in [2.05, 4.69) is 5.32 Å². The summed E-state index contributed by atoms with van der Waals surface area (Å²) >= 11 is 0. The van der Waals surface area contributed by atoms with Crippen molar-refractivity contribution in [2.24, 2.45) is 0 Å². The van der Waals surface area contributed by atoms with Gasteiger partial charge in [0.2, 0.25) is 5.91 Å². The zero-order valence-corrected chi connectivity index (χ0v) is 21.1. The van der Waals surface area contributed by atoms with Gasteiger partial charge in [0.25, 0.3) is 0 Å². The first-order chi connectivity index (χ1) is 17.1. The maximum absolute atomic E-state index is 11.9. The van der Waals surface area contributed by atoms with E-state index in [9.17, 15) is 19.2 Å². The monoisotopic (exact) mass is 523 g/mol. The van der Waals surface area contributed by atoms with Crippen LogP contribution in [0.4, 0.5) is 0 Å². The van der Waals surface area contributed by atoms with Crippen LogP contribution < -0.4 is 5.32 Å². The lowest BCUT2D eigenvalue weighted by molar-refractivity contribution is -0.279. The van der Waals surface area contributed by atoms with Crippen LogP contribution in [-0.4, -0.2) is 119 Å². The summed E-state index contributed by atoms with van der Waals surface area (Å²) in [5.41, 5.74) is 0. The lowest BCUT2D eigenvalue weighted by Gasteiger charge is -2.44. The number of nitrogens with one attached hydrogen (secondary N) is 1. The molecule has 14 heteroatoms. The van der Waals surface area contributed by atoms with Crippen LogP contribution in [0.5, 0.6) is 0 Å². The molecule has 0 bridgehead atoms. The third kappa shape index (κ3) is 13.1. The second-order valence-electron chi connectivity index (χ2n) is 7.65. The number of esters is 3. The van der Waals surface area contributed by atoms with Gasteiger partial charge in [-0.1, -0.05) is 0 Å². The number of ether oxygens (including phenoxy) is 8. The van der Waals surface area contributed by atoms with E-state index in [1.54, 1.807) is 0 Å². The highest BCUT2D eigenvalue weighted by molar-refractivity contribution is 5.73. The molecule has 208 valence electrons. The maximum atomic E-state index is 11.9. The fraction of sp³-hybridized carbons (Fsp3) is 0.818. The summed E-state index contributed by atoms with van der Waals surface area (Å²) in [5.74, 6) is -2.44. The SMILES string of the molecule is CC(=O)N[C@@H]1[C@@H](OCCOCCOCCOCCO)O[C@H](COC(C)=O)[C@H](OC(C)=O)[C@@H]1OC(C)=O. The molecule has 0 aromatic heterocycles. The zero-order valence-electron chi connectivity index (χ0n) is 21.1. The van der Waals surface area contributed by atoms with Gasteiger partial charge in [0, 0.05) is 27.7 Å². The van der Waals surface area contributed by atoms with E-state index >= 15 is 0 Å². The van der Waals surface area contributed by atoms with Crippen LogP contribution in [0.25, 0.3) is 0 Å². The van der Waals surface area contributed by atoms with Gasteiger partial charge >= 0.3 is 17.9 Å². The fourth-order valence-electron chi connectivity index (χ4n) is 3.26. The number of carbonyl (C=O) groups is 4. The van der Waals surface area contributed by atoms with Gasteiger partial charge in [-0.3, -0.25) is 19.2 Å². The highest BCUT2D eigenvalue weighted by Gasteiger charge is 2.51. The van der Waals surface area contributed by atoms with Crippen LogP contribution in [0.1, 0.15) is 27.7 Å². The maximum Gasteiger partial charge on any atom is 0.303 e. The van der Waals surface area contributed by atoms with Gasteiger partial charge in [-0.05, 0) is 0 Å². The van der Waals surface area contributed by atoms with Gasteiger partial charge in [-0.25, -0.2) is 0 Å². The van der Waals surface area contributed by atoms with Crippen LogP contribution in [0, 0.1) is 0 Å².